The van der Waals surface area contributed by atoms with E-state index in [1.165, 1.54) is 10.8 Å². The fourth-order valence-electron chi connectivity index (χ4n) is 2.43. The molecule has 5 heteroatoms. The highest BCUT2D eigenvalue weighted by atomic mass is 35.5. The molecule has 0 aliphatic heterocycles. The predicted molar refractivity (Wildman–Crippen MR) is 89.6 cm³/mol. The van der Waals surface area contributed by atoms with Gasteiger partial charge in [0, 0.05) is 22.2 Å². The van der Waals surface area contributed by atoms with Crippen molar-refractivity contribution in [1.29, 1.82) is 0 Å². The van der Waals surface area contributed by atoms with Gasteiger partial charge in [0.25, 0.3) is 5.91 Å². The maximum absolute atomic E-state index is 12.4. The first kappa shape index (κ1) is 15.3. The lowest BCUT2D eigenvalue weighted by molar-refractivity contribution is 0.0843. The number of carbonyl (C=O) groups is 2. The molecule has 3 aromatic rings. The average molecular weight is 328 g/mol. The molecule has 1 heterocycles. The standard InChI is InChI=1S/C18H14ClNO3/c1-12-8-14(6-7-16(12)19)23-11-18(22)20-9-13(10-21)15-4-2-3-5-17(15)20/h2-10H,11H2,1H3. The van der Waals surface area contributed by atoms with Crippen LogP contribution >= 0.6 is 11.6 Å². The lowest BCUT2D eigenvalue weighted by Gasteiger charge is -2.08. The highest BCUT2D eigenvalue weighted by Crippen LogP contribution is 2.22. The average Bonchev–Trinajstić information content (AvgIpc) is 2.94. The van der Waals surface area contributed by atoms with Crippen LogP contribution < -0.4 is 4.74 Å². The topological polar surface area (TPSA) is 48.3 Å². The summed E-state index contributed by atoms with van der Waals surface area (Å²) in [6.07, 6.45) is 2.28. The van der Waals surface area contributed by atoms with Crippen molar-refractivity contribution in [3.05, 3.63) is 64.8 Å². The van der Waals surface area contributed by atoms with Gasteiger partial charge >= 0.3 is 0 Å². The van der Waals surface area contributed by atoms with Gasteiger partial charge in [-0.05, 0) is 36.8 Å². The number of para-hydroxylation sites is 1. The molecule has 0 aliphatic rings. The number of carbonyl (C=O) groups excluding carboxylic acids is 2. The minimum atomic E-state index is -0.248. The monoisotopic (exact) mass is 327 g/mol. The molecule has 0 saturated heterocycles. The predicted octanol–water partition coefficient (Wildman–Crippen LogP) is 4.13. The fraction of sp³-hybridized carbons (Fsp3) is 0.111. The van der Waals surface area contributed by atoms with Crippen molar-refractivity contribution < 1.29 is 14.3 Å². The van der Waals surface area contributed by atoms with E-state index in [0.29, 0.717) is 21.9 Å². The first-order valence-corrected chi connectivity index (χ1v) is 7.45. The molecule has 0 N–H and O–H groups in total. The lowest BCUT2D eigenvalue weighted by Crippen LogP contribution is -2.18. The molecule has 23 heavy (non-hydrogen) atoms. The number of hydrogen-bond donors (Lipinski definition) is 0. The quantitative estimate of drug-likeness (QED) is 0.677. The summed E-state index contributed by atoms with van der Waals surface area (Å²) in [4.78, 5) is 23.5. The molecule has 0 atom stereocenters. The molecule has 0 saturated carbocycles. The SMILES string of the molecule is Cc1cc(OCC(=O)n2cc(C=O)c3ccccc32)ccc1Cl. The number of ether oxygens (including phenoxy) is 1. The zero-order valence-electron chi connectivity index (χ0n) is 12.5. The summed E-state index contributed by atoms with van der Waals surface area (Å²) in [5, 5.41) is 1.40. The van der Waals surface area contributed by atoms with E-state index in [1.807, 2.05) is 25.1 Å². The highest BCUT2D eigenvalue weighted by Gasteiger charge is 2.13. The Kier molecular flexibility index (Phi) is 4.17. The minimum Gasteiger partial charge on any atom is -0.484 e. The number of fused-ring (bicyclic) bond motifs is 1. The number of halogens is 1. The van der Waals surface area contributed by atoms with E-state index >= 15 is 0 Å². The second kappa shape index (κ2) is 6.26. The number of aromatic nitrogens is 1. The van der Waals surface area contributed by atoms with Crippen molar-refractivity contribution in [3.63, 3.8) is 0 Å². The Labute approximate surface area is 138 Å². The van der Waals surface area contributed by atoms with E-state index in [9.17, 15) is 9.59 Å². The number of rotatable bonds is 4. The van der Waals surface area contributed by atoms with Crippen molar-refractivity contribution in [3.8, 4) is 5.75 Å². The summed E-state index contributed by atoms with van der Waals surface area (Å²) in [5.74, 6) is 0.328. The van der Waals surface area contributed by atoms with E-state index in [0.717, 1.165) is 17.2 Å². The number of aryl methyl sites for hydroxylation is 1. The van der Waals surface area contributed by atoms with Gasteiger partial charge in [-0.25, -0.2) is 0 Å². The van der Waals surface area contributed by atoms with Crippen molar-refractivity contribution in [2.75, 3.05) is 6.61 Å². The van der Waals surface area contributed by atoms with Crippen LogP contribution in [0.3, 0.4) is 0 Å². The molecule has 0 aliphatic carbocycles. The molecule has 2 aromatic carbocycles. The number of benzene rings is 2. The van der Waals surface area contributed by atoms with Crippen LogP contribution in [0.1, 0.15) is 20.7 Å². The van der Waals surface area contributed by atoms with E-state index in [1.54, 1.807) is 24.3 Å². The van der Waals surface area contributed by atoms with Crippen LogP contribution in [-0.2, 0) is 0 Å². The molecule has 116 valence electrons. The maximum atomic E-state index is 12.4. The summed E-state index contributed by atoms with van der Waals surface area (Å²) < 4.78 is 6.98. The van der Waals surface area contributed by atoms with Gasteiger partial charge in [-0.3, -0.25) is 14.2 Å². The van der Waals surface area contributed by atoms with Gasteiger partial charge in [0.1, 0.15) is 5.75 Å². The third-order valence-corrected chi connectivity index (χ3v) is 4.05. The van der Waals surface area contributed by atoms with Crippen LogP contribution in [0, 0.1) is 6.92 Å². The van der Waals surface area contributed by atoms with Crippen LogP contribution in [0.2, 0.25) is 5.02 Å². The number of hydrogen-bond acceptors (Lipinski definition) is 3. The molecule has 0 amide bonds. The molecular weight excluding hydrogens is 314 g/mol. The third-order valence-electron chi connectivity index (χ3n) is 3.63. The molecule has 0 bridgehead atoms. The van der Waals surface area contributed by atoms with Gasteiger partial charge < -0.3 is 4.74 Å². The smallest absolute Gasteiger partial charge is 0.269 e. The minimum absolute atomic E-state index is 0.127. The number of aldehydes is 1. The molecule has 3 rings (SSSR count). The largest absolute Gasteiger partial charge is 0.484 e. The second-order valence-electron chi connectivity index (χ2n) is 5.18. The van der Waals surface area contributed by atoms with E-state index < -0.39 is 0 Å². The Morgan fingerprint density at radius 3 is 2.78 bits per heavy atom. The molecule has 0 spiro atoms. The van der Waals surface area contributed by atoms with Crippen LogP contribution in [0.25, 0.3) is 10.9 Å². The van der Waals surface area contributed by atoms with E-state index in [4.69, 9.17) is 16.3 Å². The Balaban J connectivity index is 1.83. The highest BCUT2D eigenvalue weighted by molar-refractivity contribution is 6.31. The zero-order valence-corrected chi connectivity index (χ0v) is 13.2. The van der Waals surface area contributed by atoms with Crippen molar-refractivity contribution in [2.24, 2.45) is 0 Å². The Morgan fingerprint density at radius 1 is 1.26 bits per heavy atom. The van der Waals surface area contributed by atoms with Crippen molar-refractivity contribution >= 4 is 34.7 Å². The van der Waals surface area contributed by atoms with Crippen molar-refractivity contribution in [2.45, 2.75) is 6.92 Å². The van der Waals surface area contributed by atoms with Crippen LogP contribution in [0.4, 0.5) is 0 Å². The van der Waals surface area contributed by atoms with Gasteiger partial charge in [0.05, 0.1) is 5.52 Å². The molecule has 1 aromatic heterocycles. The summed E-state index contributed by atoms with van der Waals surface area (Å²) >= 11 is 5.96. The Hall–Kier alpha value is -2.59. The molecule has 0 fully saturated rings. The Morgan fingerprint density at radius 2 is 2.04 bits per heavy atom. The van der Waals surface area contributed by atoms with Gasteiger partial charge in [0.2, 0.25) is 0 Å². The summed E-state index contributed by atoms with van der Waals surface area (Å²) in [6.45, 7) is 1.74. The van der Waals surface area contributed by atoms with Crippen LogP contribution in [0.5, 0.6) is 5.75 Å². The Bertz CT molecular complexity index is 898. The molecule has 0 radical (unpaired) electrons. The van der Waals surface area contributed by atoms with E-state index in [2.05, 4.69) is 0 Å². The van der Waals surface area contributed by atoms with Gasteiger partial charge in [-0.2, -0.15) is 0 Å². The summed E-state index contributed by atoms with van der Waals surface area (Å²) in [6, 6.07) is 12.5. The van der Waals surface area contributed by atoms with Crippen LogP contribution in [0.15, 0.2) is 48.7 Å². The van der Waals surface area contributed by atoms with Gasteiger partial charge in [-0.15, -0.1) is 0 Å². The zero-order chi connectivity index (χ0) is 16.4. The molecule has 4 nitrogen and oxygen atoms in total. The van der Waals surface area contributed by atoms with Crippen LogP contribution in [-0.4, -0.2) is 23.4 Å². The lowest BCUT2D eigenvalue weighted by atomic mass is 10.2. The van der Waals surface area contributed by atoms with E-state index in [-0.39, 0.29) is 12.5 Å². The van der Waals surface area contributed by atoms with Gasteiger partial charge in [0.15, 0.2) is 12.9 Å². The second-order valence-corrected chi connectivity index (χ2v) is 5.59. The molecular formula is C18H14ClNO3. The van der Waals surface area contributed by atoms with Crippen molar-refractivity contribution in [1.82, 2.24) is 4.57 Å². The normalized spacial score (nSPS) is 10.7. The summed E-state index contributed by atoms with van der Waals surface area (Å²) in [7, 11) is 0. The first-order valence-electron chi connectivity index (χ1n) is 7.07. The fourth-order valence-corrected chi connectivity index (χ4v) is 2.55. The first-order chi connectivity index (χ1) is 11.1. The van der Waals surface area contributed by atoms with Gasteiger partial charge in [-0.1, -0.05) is 29.8 Å². The third kappa shape index (κ3) is 2.98. The summed E-state index contributed by atoms with van der Waals surface area (Å²) in [5.41, 5.74) is 2.05. The maximum Gasteiger partial charge on any atom is 0.269 e. The number of nitrogens with zero attached hydrogens (tertiary/aromatic N) is 1. The molecule has 0 unspecified atom stereocenters.